The summed E-state index contributed by atoms with van der Waals surface area (Å²) < 4.78 is 10.7. The molecule has 0 spiro atoms. The highest BCUT2D eigenvalue weighted by Crippen LogP contribution is 2.25. The number of carbonyl (C=O) groups is 2. The second-order valence-electron chi connectivity index (χ2n) is 5.30. The van der Waals surface area contributed by atoms with Crippen molar-refractivity contribution in [2.24, 2.45) is 0 Å². The van der Waals surface area contributed by atoms with Gasteiger partial charge in [0.05, 0.1) is 20.1 Å². The summed E-state index contributed by atoms with van der Waals surface area (Å²) in [5.41, 5.74) is 6.40. The van der Waals surface area contributed by atoms with Gasteiger partial charge in [0.2, 0.25) is 5.91 Å². The van der Waals surface area contributed by atoms with Gasteiger partial charge in [0.1, 0.15) is 0 Å². The van der Waals surface area contributed by atoms with Crippen LogP contribution in [0.3, 0.4) is 0 Å². The minimum Gasteiger partial charge on any atom is -0.493 e. The van der Waals surface area contributed by atoms with Gasteiger partial charge in [-0.3, -0.25) is 20.4 Å². The highest BCUT2D eigenvalue weighted by molar-refractivity contribution is 5.95. The summed E-state index contributed by atoms with van der Waals surface area (Å²) in [7, 11) is 1.55. The number of hydrogen-bond donors (Lipinski definition) is 2. The summed E-state index contributed by atoms with van der Waals surface area (Å²) in [5, 5.41) is 0. The number of amides is 2. The standard InChI is InChI=1S/C19H22N2O4/c1-3-14-8-10-15(11-9-14)19(23)21-20-18(22)12-13-25-17-7-5-4-6-16(17)24-2/h4-11H,3,12-13H2,1-2H3,(H,20,22)(H,21,23). The third kappa shape index (κ3) is 5.53. The van der Waals surface area contributed by atoms with Crippen molar-refractivity contribution in [3.05, 3.63) is 59.7 Å². The van der Waals surface area contributed by atoms with E-state index in [-0.39, 0.29) is 24.8 Å². The van der Waals surface area contributed by atoms with Gasteiger partial charge < -0.3 is 9.47 Å². The molecule has 132 valence electrons. The van der Waals surface area contributed by atoms with E-state index in [1.807, 2.05) is 31.2 Å². The van der Waals surface area contributed by atoms with E-state index in [9.17, 15) is 9.59 Å². The molecule has 0 fully saturated rings. The summed E-state index contributed by atoms with van der Waals surface area (Å²) in [6.07, 6.45) is 1.01. The highest BCUT2D eigenvalue weighted by Gasteiger charge is 2.08. The van der Waals surface area contributed by atoms with Gasteiger partial charge >= 0.3 is 0 Å². The van der Waals surface area contributed by atoms with Crippen molar-refractivity contribution in [1.82, 2.24) is 10.9 Å². The first kappa shape index (κ1) is 18.3. The molecule has 2 rings (SSSR count). The maximum atomic E-state index is 12.0. The fraction of sp³-hybridized carbons (Fsp3) is 0.263. The smallest absolute Gasteiger partial charge is 0.269 e. The fourth-order valence-electron chi connectivity index (χ4n) is 2.14. The van der Waals surface area contributed by atoms with E-state index in [4.69, 9.17) is 9.47 Å². The molecule has 2 aromatic rings. The van der Waals surface area contributed by atoms with E-state index >= 15 is 0 Å². The summed E-state index contributed by atoms with van der Waals surface area (Å²) in [5.74, 6) is 0.472. The molecule has 0 aromatic heterocycles. The van der Waals surface area contributed by atoms with Crippen molar-refractivity contribution in [3.63, 3.8) is 0 Å². The first-order valence-corrected chi connectivity index (χ1v) is 8.08. The molecule has 2 aromatic carbocycles. The number of ether oxygens (including phenoxy) is 2. The van der Waals surface area contributed by atoms with Gasteiger partial charge in [-0.25, -0.2) is 0 Å². The third-order valence-electron chi connectivity index (χ3n) is 3.60. The summed E-state index contributed by atoms with van der Waals surface area (Å²) >= 11 is 0. The van der Waals surface area contributed by atoms with Crippen LogP contribution in [0.1, 0.15) is 29.3 Å². The molecular formula is C19H22N2O4. The largest absolute Gasteiger partial charge is 0.493 e. The number of hydrazine groups is 1. The summed E-state index contributed by atoms with van der Waals surface area (Å²) in [6, 6.07) is 14.4. The van der Waals surface area contributed by atoms with Gasteiger partial charge in [0, 0.05) is 5.56 Å². The SMILES string of the molecule is CCc1ccc(C(=O)NNC(=O)CCOc2ccccc2OC)cc1. The normalized spacial score (nSPS) is 10.0. The van der Waals surface area contributed by atoms with Crippen molar-refractivity contribution in [1.29, 1.82) is 0 Å². The molecule has 0 atom stereocenters. The van der Waals surface area contributed by atoms with E-state index in [1.54, 1.807) is 31.4 Å². The maximum absolute atomic E-state index is 12.0. The molecule has 2 N–H and O–H groups in total. The molecule has 25 heavy (non-hydrogen) atoms. The van der Waals surface area contributed by atoms with Crippen LogP contribution in [0.2, 0.25) is 0 Å². The number of carbonyl (C=O) groups excluding carboxylic acids is 2. The zero-order valence-electron chi connectivity index (χ0n) is 14.4. The van der Waals surface area contributed by atoms with E-state index < -0.39 is 0 Å². The monoisotopic (exact) mass is 342 g/mol. The molecule has 0 saturated heterocycles. The maximum Gasteiger partial charge on any atom is 0.269 e. The molecule has 0 heterocycles. The Morgan fingerprint density at radius 1 is 0.960 bits per heavy atom. The van der Waals surface area contributed by atoms with Crippen LogP contribution < -0.4 is 20.3 Å². The Hall–Kier alpha value is -3.02. The van der Waals surface area contributed by atoms with Crippen LogP contribution in [0.25, 0.3) is 0 Å². The van der Waals surface area contributed by atoms with Crippen LogP contribution in [-0.2, 0) is 11.2 Å². The lowest BCUT2D eigenvalue weighted by Gasteiger charge is -2.11. The number of hydrogen-bond acceptors (Lipinski definition) is 4. The van der Waals surface area contributed by atoms with Crippen LogP contribution in [0, 0.1) is 0 Å². The second-order valence-corrected chi connectivity index (χ2v) is 5.30. The van der Waals surface area contributed by atoms with Crippen LogP contribution in [0.5, 0.6) is 11.5 Å². The van der Waals surface area contributed by atoms with E-state index in [0.717, 1.165) is 12.0 Å². The number of methoxy groups -OCH3 is 1. The molecule has 0 saturated carbocycles. The third-order valence-corrected chi connectivity index (χ3v) is 3.60. The molecule has 6 heteroatoms. The zero-order chi connectivity index (χ0) is 18.1. The molecule has 6 nitrogen and oxygen atoms in total. The molecule has 0 aliphatic rings. The van der Waals surface area contributed by atoms with Gasteiger partial charge in [0.25, 0.3) is 5.91 Å². The van der Waals surface area contributed by atoms with Crippen LogP contribution in [0.4, 0.5) is 0 Å². The number of aryl methyl sites for hydroxylation is 1. The minimum atomic E-state index is -0.360. The molecule has 0 aliphatic heterocycles. The predicted molar refractivity (Wildman–Crippen MR) is 94.5 cm³/mol. The zero-order valence-corrected chi connectivity index (χ0v) is 14.4. The number of rotatable bonds is 7. The molecular weight excluding hydrogens is 320 g/mol. The molecule has 2 amide bonds. The van der Waals surface area contributed by atoms with Crippen LogP contribution >= 0.6 is 0 Å². The van der Waals surface area contributed by atoms with Crippen LogP contribution in [-0.4, -0.2) is 25.5 Å². The van der Waals surface area contributed by atoms with Gasteiger partial charge in [-0.05, 0) is 36.2 Å². The van der Waals surface area contributed by atoms with Crippen molar-refractivity contribution in [3.8, 4) is 11.5 Å². The van der Waals surface area contributed by atoms with Gasteiger partial charge in [0.15, 0.2) is 11.5 Å². The van der Waals surface area contributed by atoms with Crippen molar-refractivity contribution in [2.75, 3.05) is 13.7 Å². The van der Waals surface area contributed by atoms with Gasteiger partial charge in [-0.15, -0.1) is 0 Å². The lowest BCUT2D eigenvalue weighted by Crippen LogP contribution is -2.42. The predicted octanol–water partition coefficient (Wildman–Crippen LogP) is 2.49. The summed E-state index contributed by atoms with van der Waals surface area (Å²) in [4.78, 5) is 23.7. The van der Waals surface area contributed by atoms with Crippen molar-refractivity contribution in [2.45, 2.75) is 19.8 Å². The average molecular weight is 342 g/mol. The lowest BCUT2D eigenvalue weighted by molar-refractivity contribution is -0.122. The first-order valence-electron chi connectivity index (χ1n) is 8.08. The molecule has 0 radical (unpaired) electrons. The van der Waals surface area contributed by atoms with Gasteiger partial charge in [-0.2, -0.15) is 0 Å². The first-order chi connectivity index (χ1) is 12.1. The molecule has 0 unspecified atom stereocenters. The topological polar surface area (TPSA) is 76.7 Å². The lowest BCUT2D eigenvalue weighted by atomic mass is 10.1. The summed E-state index contributed by atoms with van der Waals surface area (Å²) in [6.45, 7) is 2.22. The Bertz CT molecular complexity index is 714. The fourth-order valence-corrected chi connectivity index (χ4v) is 2.14. The van der Waals surface area contributed by atoms with E-state index in [1.165, 1.54) is 0 Å². The Balaban J connectivity index is 1.73. The quantitative estimate of drug-likeness (QED) is 0.758. The Morgan fingerprint density at radius 3 is 2.28 bits per heavy atom. The highest BCUT2D eigenvalue weighted by atomic mass is 16.5. The van der Waals surface area contributed by atoms with E-state index in [2.05, 4.69) is 10.9 Å². The number of benzene rings is 2. The van der Waals surface area contributed by atoms with Crippen molar-refractivity contribution >= 4 is 11.8 Å². The van der Waals surface area contributed by atoms with Crippen LogP contribution in [0.15, 0.2) is 48.5 Å². The minimum absolute atomic E-state index is 0.104. The Kier molecular flexibility index (Phi) is 6.83. The van der Waals surface area contributed by atoms with Crippen molar-refractivity contribution < 1.29 is 19.1 Å². The number of para-hydroxylation sites is 2. The average Bonchev–Trinajstić information content (AvgIpc) is 2.66. The second kappa shape index (κ2) is 9.32. The van der Waals surface area contributed by atoms with E-state index in [0.29, 0.717) is 17.1 Å². The molecule has 0 bridgehead atoms. The van der Waals surface area contributed by atoms with Gasteiger partial charge in [-0.1, -0.05) is 31.2 Å². The Labute approximate surface area is 147 Å². The Morgan fingerprint density at radius 2 is 1.64 bits per heavy atom. The number of nitrogens with one attached hydrogen (secondary N) is 2. The molecule has 0 aliphatic carbocycles.